The van der Waals surface area contributed by atoms with E-state index in [9.17, 15) is 4.79 Å². The Morgan fingerprint density at radius 3 is 2.81 bits per heavy atom. The summed E-state index contributed by atoms with van der Waals surface area (Å²) in [6.07, 6.45) is 1.52. The number of ether oxygens (including phenoxy) is 1. The van der Waals surface area contributed by atoms with Crippen molar-refractivity contribution in [3.8, 4) is 17.0 Å². The summed E-state index contributed by atoms with van der Waals surface area (Å²) in [5.74, 6) is 0.474. The Bertz CT molecular complexity index is 1160. The van der Waals surface area contributed by atoms with Gasteiger partial charge in [0.1, 0.15) is 5.75 Å². The first-order chi connectivity index (χ1) is 15.0. The first-order valence-electron chi connectivity index (χ1n) is 10.5. The lowest BCUT2D eigenvalue weighted by Crippen LogP contribution is -2.33. The number of carbonyl (C=O) groups is 1. The predicted molar refractivity (Wildman–Crippen MR) is 121 cm³/mol. The van der Waals surface area contributed by atoms with E-state index in [0.29, 0.717) is 29.4 Å². The molecule has 0 spiro atoms. The molecule has 31 heavy (non-hydrogen) atoms. The molecule has 0 unspecified atom stereocenters. The van der Waals surface area contributed by atoms with Crippen LogP contribution in [0.25, 0.3) is 11.3 Å². The summed E-state index contributed by atoms with van der Waals surface area (Å²) in [6.45, 7) is 3.18. The van der Waals surface area contributed by atoms with Crippen molar-refractivity contribution in [3.05, 3.63) is 69.4 Å². The molecule has 2 aliphatic heterocycles. The van der Waals surface area contributed by atoms with Gasteiger partial charge in [-0.25, -0.2) is 0 Å². The van der Waals surface area contributed by atoms with Crippen LogP contribution >= 0.6 is 11.6 Å². The molecule has 7 heteroatoms. The topological polar surface area (TPSA) is 61.5 Å². The molecule has 3 aromatic rings. The molecule has 0 bridgehead atoms. The predicted octanol–water partition coefficient (Wildman–Crippen LogP) is 3.93. The number of benzene rings is 2. The lowest BCUT2D eigenvalue weighted by molar-refractivity contribution is 0.0759. The second-order valence-electron chi connectivity index (χ2n) is 8.28. The highest BCUT2D eigenvalue weighted by Crippen LogP contribution is 2.35. The maximum absolute atomic E-state index is 13.2. The monoisotopic (exact) mass is 436 g/mol. The molecule has 0 fully saturated rings. The first-order valence-corrected chi connectivity index (χ1v) is 10.9. The van der Waals surface area contributed by atoms with Crippen LogP contribution in [0.1, 0.15) is 32.7 Å². The lowest BCUT2D eigenvalue weighted by Gasteiger charge is -2.21. The lowest BCUT2D eigenvalue weighted by atomic mass is 9.96. The highest BCUT2D eigenvalue weighted by atomic mass is 35.5. The third kappa shape index (κ3) is 3.60. The SMILES string of the molecule is COc1cc(Cl)ccc1C(=O)N1CCc2[nH]nc(-c3cccc4c3CN(C)C4)c2CC1. The van der Waals surface area contributed by atoms with Gasteiger partial charge in [0.25, 0.3) is 5.91 Å². The van der Waals surface area contributed by atoms with Crippen molar-refractivity contribution in [1.82, 2.24) is 20.0 Å². The van der Waals surface area contributed by atoms with Crippen molar-refractivity contribution in [2.75, 3.05) is 27.2 Å². The van der Waals surface area contributed by atoms with E-state index >= 15 is 0 Å². The number of amides is 1. The zero-order valence-electron chi connectivity index (χ0n) is 17.7. The van der Waals surface area contributed by atoms with Crippen LogP contribution in [-0.2, 0) is 25.9 Å². The highest BCUT2D eigenvalue weighted by Gasteiger charge is 2.27. The average molecular weight is 437 g/mol. The van der Waals surface area contributed by atoms with Crippen molar-refractivity contribution < 1.29 is 9.53 Å². The fourth-order valence-corrected chi connectivity index (χ4v) is 4.89. The van der Waals surface area contributed by atoms with Crippen molar-refractivity contribution in [3.63, 3.8) is 0 Å². The number of carbonyl (C=O) groups excluding carboxylic acids is 1. The molecule has 0 saturated heterocycles. The summed E-state index contributed by atoms with van der Waals surface area (Å²) in [7, 11) is 3.70. The molecule has 0 radical (unpaired) electrons. The number of aromatic nitrogens is 2. The maximum atomic E-state index is 13.2. The summed E-state index contributed by atoms with van der Waals surface area (Å²) in [5.41, 5.74) is 7.86. The molecule has 0 aliphatic carbocycles. The van der Waals surface area contributed by atoms with Gasteiger partial charge in [-0.05, 0) is 42.8 Å². The van der Waals surface area contributed by atoms with Crippen LogP contribution in [0.2, 0.25) is 5.02 Å². The minimum Gasteiger partial charge on any atom is -0.496 e. The summed E-state index contributed by atoms with van der Waals surface area (Å²) in [6, 6.07) is 11.6. The number of nitrogens with zero attached hydrogens (tertiary/aromatic N) is 3. The number of methoxy groups -OCH3 is 1. The van der Waals surface area contributed by atoms with Gasteiger partial charge in [-0.3, -0.25) is 14.8 Å². The summed E-state index contributed by atoms with van der Waals surface area (Å²) < 4.78 is 5.39. The van der Waals surface area contributed by atoms with Crippen molar-refractivity contribution in [1.29, 1.82) is 0 Å². The largest absolute Gasteiger partial charge is 0.496 e. The maximum Gasteiger partial charge on any atom is 0.257 e. The van der Waals surface area contributed by atoms with E-state index in [1.807, 2.05) is 4.90 Å². The smallest absolute Gasteiger partial charge is 0.257 e. The average Bonchev–Trinajstić information content (AvgIpc) is 3.28. The molecule has 2 aliphatic rings. The van der Waals surface area contributed by atoms with E-state index in [-0.39, 0.29) is 5.91 Å². The van der Waals surface area contributed by atoms with E-state index in [1.54, 1.807) is 25.3 Å². The molecule has 1 aromatic heterocycles. The summed E-state index contributed by atoms with van der Waals surface area (Å²) in [4.78, 5) is 17.4. The van der Waals surface area contributed by atoms with Gasteiger partial charge in [0, 0.05) is 54.4 Å². The van der Waals surface area contributed by atoms with E-state index in [0.717, 1.165) is 37.3 Å². The van der Waals surface area contributed by atoms with E-state index in [2.05, 4.69) is 35.2 Å². The first kappa shape index (κ1) is 20.1. The molecular formula is C24H25ClN4O2. The van der Waals surface area contributed by atoms with Crippen LogP contribution in [0, 0.1) is 0 Å². The molecule has 6 nitrogen and oxygen atoms in total. The molecule has 160 valence electrons. The minimum atomic E-state index is -0.0320. The van der Waals surface area contributed by atoms with Crippen LogP contribution in [-0.4, -0.2) is 53.2 Å². The number of H-pyrrole nitrogens is 1. The van der Waals surface area contributed by atoms with Crippen LogP contribution < -0.4 is 4.74 Å². The Kier molecular flexibility index (Phi) is 5.20. The number of halogens is 1. The number of fused-ring (bicyclic) bond motifs is 2. The second kappa shape index (κ2) is 8.02. The molecular weight excluding hydrogens is 412 g/mol. The molecule has 1 N–H and O–H groups in total. The number of rotatable bonds is 3. The van der Waals surface area contributed by atoms with E-state index < -0.39 is 0 Å². The van der Waals surface area contributed by atoms with Gasteiger partial charge in [0.15, 0.2) is 0 Å². The van der Waals surface area contributed by atoms with Crippen LogP contribution in [0.4, 0.5) is 0 Å². The number of hydrogen-bond acceptors (Lipinski definition) is 4. The van der Waals surface area contributed by atoms with Gasteiger partial charge in [0.05, 0.1) is 18.4 Å². The fraction of sp³-hybridized carbons (Fsp3) is 0.333. The van der Waals surface area contributed by atoms with Gasteiger partial charge < -0.3 is 9.64 Å². The standard InChI is InChI=1S/C24H25ClN4O2/c1-28-13-15-4-3-5-17(20(15)14-28)23-18-8-10-29(11-9-21(18)26-27-23)24(30)19-7-6-16(25)12-22(19)31-2/h3-7,12H,8-11,13-14H2,1-2H3,(H,26,27). The number of nitrogens with one attached hydrogen (secondary N) is 1. The van der Waals surface area contributed by atoms with Crippen molar-refractivity contribution in [2.45, 2.75) is 25.9 Å². The van der Waals surface area contributed by atoms with Gasteiger partial charge in [-0.1, -0.05) is 29.8 Å². The van der Waals surface area contributed by atoms with E-state index in [4.69, 9.17) is 21.4 Å². The fourth-order valence-electron chi connectivity index (χ4n) is 4.73. The molecule has 3 heterocycles. The van der Waals surface area contributed by atoms with Crippen molar-refractivity contribution >= 4 is 17.5 Å². The Morgan fingerprint density at radius 2 is 1.97 bits per heavy atom. The minimum absolute atomic E-state index is 0.0320. The second-order valence-corrected chi connectivity index (χ2v) is 8.72. The summed E-state index contributed by atoms with van der Waals surface area (Å²) >= 11 is 6.06. The number of hydrogen-bond donors (Lipinski definition) is 1. The zero-order valence-corrected chi connectivity index (χ0v) is 18.5. The molecule has 2 aromatic carbocycles. The van der Waals surface area contributed by atoms with Crippen LogP contribution in [0.3, 0.4) is 0 Å². The Balaban J connectivity index is 1.42. The third-order valence-electron chi connectivity index (χ3n) is 6.29. The van der Waals surface area contributed by atoms with Crippen LogP contribution in [0.15, 0.2) is 36.4 Å². The molecule has 0 atom stereocenters. The van der Waals surface area contributed by atoms with Crippen LogP contribution in [0.5, 0.6) is 5.75 Å². The van der Waals surface area contributed by atoms with Gasteiger partial charge in [0.2, 0.25) is 0 Å². The highest BCUT2D eigenvalue weighted by molar-refractivity contribution is 6.30. The number of aromatic amines is 1. The van der Waals surface area contributed by atoms with Gasteiger partial charge in [-0.2, -0.15) is 5.10 Å². The normalized spacial score (nSPS) is 16.0. The third-order valence-corrected chi connectivity index (χ3v) is 6.53. The molecule has 0 saturated carbocycles. The van der Waals surface area contributed by atoms with Crippen molar-refractivity contribution in [2.24, 2.45) is 0 Å². The Morgan fingerprint density at radius 1 is 1.13 bits per heavy atom. The summed E-state index contributed by atoms with van der Waals surface area (Å²) in [5, 5.41) is 8.50. The quantitative estimate of drug-likeness (QED) is 0.675. The molecule has 1 amide bonds. The Hall–Kier alpha value is -2.83. The molecule has 5 rings (SSSR count). The Labute approximate surface area is 186 Å². The van der Waals surface area contributed by atoms with Gasteiger partial charge >= 0.3 is 0 Å². The van der Waals surface area contributed by atoms with E-state index in [1.165, 1.54) is 22.3 Å². The van der Waals surface area contributed by atoms with Gasteiger partial charge in [-0.15, -0.1) is 0 Å². The zero-order chi connectivity index (χ0) is 21.5.